The number of hydrogen-bond donors (Lipinski definition) is 1. The molecule has 3 aromatic carbocycles. The van der Waals surface area contributed by atoms with Gasteiger partial charge in [0.2, 0.25) is 11.8 Å². The first kappa shape index (κ1) is 32.2. The first-order valence-corrected chi connectivity index (χ1v) is 15.6. The summed E-state index contributed by atoms with van der Waals surface area (Å²) in [7, 11) is -4.21. The van der Waals surface area contributed by atoms with Crippen molar-refractivity contribution < 1.29 is 22.7 Å². The predicted molar refractivity (Wildman–Crippen MR) is 163 cm³/mol. The van der Waals surface area contributed by atoms with Gasteiger partial charge >= 0.3 is 0 Å². The zero-order chi connectivity index (χ0) is 30.0. The average molecular weight is 621 g/mol. The normalized spacial score (nSPS) is 11.9. The van der Waals surface area contributed by atoms with Gasteiger partial charge in [0.1, 0.15) is 18.3 Å². The number of rotatable bonds is 14. The summed E-state index contributed by atoms with van der Waals surface area (Å²) in [5.41, 5.74) is 0.765. The van der Waals surface area contributed by atoms with Gasteiger partial charge in [-0.3, -0.25) is 13.9 Å². The number of hydrogen-bond acceptors (Lipinski definition) is 5. The molecular weight excluding hydrogens is 585 g/mol. The Labute approximate surface area is 252 Å². The Kier molecular flexibility index (Phi) is 11.9. The lowest BCUT2D eigenvalue weighted by atomic mass is 10.1. The van der Waals surface area contributed by atoms with E-state index in [0.717, 1.165) is 17.1 Å². The number of carbonyl (C=O) groups is 2. The van der Waals surface area contributed by atoms with E-state index in [1.807, 2.05) is 6.92 Å². The molecule has 3 aromatic rings. The molecule has 0 aliphatic carbocycles. The van der Waals surface area contributed by atoms with Crippen LogP contribution >= 0.6 is 23.2 Å². The molecule has 3 rings (SSSR count). The summed E-state index contributed by atoms with van der Waals surface area (Å²) >= 11 is 12.5. The Morgan fingerprint density at radius 1 is 0.976 bits per heavy atom. The molecular formula is C30H35Cl2N3O5S. The van der Waals surface area contributed by atoms with E-state index in [1.54, 1.807) is 74.5 Å². The van der Waals surface area contributed by atoms with Crippen LogP contribution in [0.25, 0.3) is 0 Å². The molecule has 0 aliphatic heterocycles. The van der Waals surface area contributed by atoms with Crippen molar-refractivity contribution >= 4 is 50.7 Å². The number of carbonyl (C=O) groups excluding carboxylic acids is 2. The molecule has 1 atom stereocenters. The predicted octanol–water partition coefficient (Wildman–Crippen LogP) is 5.92. The maximum atomic E-state index is 14.1. The van der Waals surface area contributed by atoms with Crippen molar-refractivity contribution in [1.29, 1.82) is 0 Å². The number of halogens is 2. The van der Waals surface area contributed by atoms with Crippen molar-refractivity contribution in [2.75, 3.05) is 24.0 Å². The third-order valence-corrected chi connectivity index (χ3v) is 8.76. The van der Waals surface area contributed by atoms with Crippen LogP contribution in [0.4, 0.5) is 5.69 Å². The van der Waals surface area contributed by atoms with Gasteiger partial charge in [-0.2, -0.15) is 0 Å². The number of sulfonamides is 1. The van der Waals surface area contributed by atoms with Gasteiger partial charge in [0.15, 0.2) is 0 Å². The minimum absolute atomic E-state index is 0.0109. The van der Waals surface area contributed by atoms with E-state index in [2.05, 4.69) is 5.32 Å². The zero-order valence-corrected chi connectivity index (χ0v) is 25.7. The number of nitrogens with one attached hydrogen (secondary N) is 1. The Balaban J connectivity index is 2.06. The van der Waals surface area contributed by atoms with Crippen LogP contribution in [0.1, 0.15) is 39.2 Å². The van der Waals surface area contributed by atoms with Crippen LogP contribution in [-0.2, 0) is 26.2 Å². The van der Waals surface area contributed by atoms with Crippen molar-refractivity contribution in [1.82, 2.24) is 10.2 Å². The summed E-state index contributed by atoms with van der Waals surface area (Å²) in [6, 6.07) is 18.4. The summed E-state index contributed by atoms with van der Waals surface area (Å²) in [6.45, 7) is 5.53. The van der Waals surface area contributed by atoms with Crippen molar-refractivity contribution in [2.24, 2.45) is 0 Å². The lowest BCUT2D eigenvalue weighted by molar-refractivity contribution is -0.139. The summed E-state index contributed by atoms with van der Waals surface area (Å²) in [5.74, 6) is -0.649. The summed E-state index contributed by atoms with van der Waals surface area (Å²) in [6.07, 6.45) is 1.68. The molecule has 0 heterocycles. The van der Waals surface area contributed by atoms with E-state index >= 15 is 0 Å². The molecule has 0 unspecified atom stereocenters. The molecule has 0 aromatic heterocycles. The van der Waals surface area contributed by atoms with Gasteiger partial charge in [0.25, 0.3) is 10.0 Å². The second-order valence-electron chi connectivity index (χ2n) is 9.30. The van der Waals surface area contributed by atoms with E-state index in [-0.39, 0.29) is 23.0 Å². The number of unbranched alkanes of at least 4 members (excludes halogenated alkanes) is 1. The molecule has 1 N–H and O–H groups in total. The number of benzene rings is 3. The fraction of sp³-hybridized carbons (Fsp3) is 0.333. The molecule has 11 heteroatoms. The maximum absolute atomic E-state index is 14.1. The third kappa shape index (κ3) is 8.38. The number of para-hydroxylation sites is 2. The number of amides is 2. The minimum atomic E-state index is -4.21. The Bertz CT molecular complexity index is 1440. The standard InChI is InChI=1S/C30H35Cl2N3O5S/c1-4-6-18-33-30(37)22(3)34(20-23-16-17-24(31)19-26(23)32)29(36)21-35(27-14-10-11-15-28(27)40-5-2)41(38,39)25-12-8-7-9-13-25/h7-17,19,22H,4-6,18,20-21H2,1-3H3,(H,33,37)/t22-/m1/s1. The molecule has 0 aliphatic rings. The molecule has 0 spiro atoms. The Morgan fingerprint density at radius 2 is 1.66 bits per heavy atom. The smallest absolute Gasteiger partial charge is 0.264 e. The SMILES string of the molecule is CCCCNC(=O)[C@@H](C)N(Cc1ccc(Cl)cc1Cl)C(=O)CN(c1ccccc1OCC)S(=O)(=O)c1ccccc1. The second-order valence-corrected chi connectivity index (χ2v) is 12.0. The van der Waals surface area contributed by atoms with Gasteiger partial charge in [-0.1, -0.05) is 72.9 Å². The van der Waals surface area contributed by atoms with Crippen LogP contribution in [0.5, 0.6) is 5.75 Å². The van der Waals surface area contributed by atoms with Crippen molar-refractivity contribution in [3.05, 3.63) is 88.4 Å². The molecule has 2 amide bonds. The highest BCUT2D eigenvalue weighted by molar-refractivity contribution is 7.92. The number of nitrogens with zero attached hydrogens (tertiary/aromatic N) is 2. The molecule has 0 fully saturated rings. The van der Waals surface area contributed by atoms with Crippen LogP contribution < -0.4 is 14.4 Å². The lowest BCUT2D eigenvalue weighted by Gasteiger charge is -2.32. The molecule has 220 valence electrons. The van der Waals surface area contributed by atoms with Crippen molar-refractivity contribution in [3.8, 4) is 5.75 Å². The number of ether oxygens (including phenoxy) is 1. The molecule has 0 radical (unpaired) electrons. The van der Waals surface area contributed by atoms with E-state index in [0.29, 0.717) is 34.5 Å². The summed E-state index contributed by atoms with van der Waals surface area (Å²) in [5, 5.41) is 3.61. The van der Waals surface area contributed by atoms with Crippen molar-refractivity contribution in [3.63, 3.8) is 0 Å². The quantitative estimate of drug-likeness (QED) is 0.226. The van der Waals surface area contributed by atoms with Crippen LogP contribution in [0.15, 0.2) is 77.7 Å². The highest BCUT2D eigenvalue weighted by Gasteiger charge is 2.34. The monoisotopic (exact) mass is 619 g/mol. The van der Waals surface area contributed by atoms with Gasteiger partial charge < -0.3 is 15.0 Å². The van der Waals surface area contributed by atoms with Gasteiger partial charge in [-0.25, -0.2) is 8.42 Å². The average Bonchev–Trinajstić information content (AvgIpc) is 2.96. The number of anilines is 1. The molecule has 0 saturated heterocycles. The molecule has 8 nitrogen and oxygen atoms in total. The first-order chi connectivity index (χ1) is 19.6. The fourth-order valence-electron chi connectivity index (χ4n) is 4.13. The van der Waals surface area contributed by atoms with Gasteiger partial charge in [-0.05, 0) is 62.2 Å². The van der Waals surface area contributed by atoms with E-state index in [9.17, 15) is 18.0 Å². The summed E-state index contributed by atoms with van der Waals surface area (Å²) in [4.78, 5) is 28.5. The van der Waals surface area contributed by atoms with Gasteiger partial charge in [0, 0.05) is 23.1 Å². The van der Waals surface area contributed by atoms with E-state index in [1.165, 1.54) is 17.0 Å². The lowest BCUT2D eigenvalue weighted by Crippen LogP contribution is -2.51. The zero-order valence-electron chi connectivity index (χ0n) is 23.3. The highest BCUT2D eigenvalue weighted by Crippen LogP contribution is 2.33. The Hall–Kier alpha value is -3.27. The minimum Gasteiger partial charge on any atom is -0.492 e. The first-order valence-electron chi connectivity index (χ1n) is 13.4. The molecule has 41 heavy (non-hydrogen) atoms. The van der Waals surface area contributed by atoms with Gasteiger partial charge in [0.05, 0.1) is 17.2 Å². The van der Waals surface area contributed by atoms with Crippen LogP contribution in [0, 0.1) is 0 Å². The van der Waals surface area contributed by atoms with E-state index < -0.39 is 28.5 Å². The van der Waals surface area contributed by atoms with Crippen molar-refractivity contribution in [2.45, 2.75) is 51.1 Å². The molecule has 0 saturated carbocycles. The van der Waals surface area contributed by atoms with Crippen LogP contribution in [0.2, 0.25) is 10.0 Å². The van der Waals surface area contributed by atoms with E-state index in [4.69, 9.17) is 27.9 Å². The largest absolute Gasteiger partial charge is 0.492 e. The van der Waals surface area contributed by atoms with Crippen LogP contribution in [-0.4, -0.2) is 50.9 Å². The maximum Gasteiger partial charge on any atom is 0.264 e. The summed E-state index contributed by atoms with van der Waals surface area (Å²) < 4.78 is 34.7. The Morgan fingerprint density at radius 3 is 2.32 bits per heavy atom. The second kappa shape index (κ2) is 15.1. The van der Waals surface area contributed by atoms with Crippen LogP contribution in [0.3, 0.4) is 0 Å². The fourth-order valence-corrected chi connectivity index (χ4v) is 6.04. The topological polar surface area (TPSA) is 96.0 Å². The highest BCUT2D eigenvalue weighted by atomic mass is 35.5. The van der Waals surface area contributed by atoms with Gasteiger partial charge in [-0.15, -0.1) is 0 Å². The third-order valence-electron chi connectivity index (χ3n) is 6.40. The molecule has 0 bridgehead atoms.